The number of para-hydroxylation sites is 2. The number of aromatic nitrogens is 2. The van der Waals surface area contributed by atoms with Gasteiger partial charge in [0.05, 0.1) is 17.5 Å². The van der Waals surface area contributed by atoms with E-state index in [1.165, 1.54) is 0 Å². The minimum Gasteiger partial charge on any atom is -0.481 e. The van der Waals surface area contributed by atoms with Crippen LogP contribution in [-0.4, -0.2) is 38.5 Å². The molecule has 1 atom stereocenters. The fourth-order valence-electron chi connectivity index (χ4n) is 2.90. The van der Waals surface area contributed by atoms with Crippen molar-refractivity contribution in [3.05, 3.63) is 40.3 Å². The van der Waals surface area contributed by atoms with Crippen LogP contribution in [0.25, 0.3) is 11.0 Å². The molecule has 1 aliphatic rings. The van der Waals surface area contributed by atoms with E-state index in [1.807, 2.05) is 29.2 Å². The van der Waals surface area contributed by atoms with Crippen molar-refractivity contribution in [1.82, 2.24) is 14.9 Å². The number of carboxylic acid groups (broad SMARTS) is 1. The monoisotopic (exact) mass is 287 g/mol. The zero-order valence-corrected chi connectivity index (χ0v) is 11.6. The van der Waals surface area contributed by atoms with Gasteiger partial charge in [-0.05, 0) is 31.5 Å². The van der Waals surface area contributed by atoms with E-state index >= 15 is 0 Å². The lowest BCUT2D eigenvalue weighted by Gasteiger charge is -2.22. The van der Waals surface area contributed by atoms with E-state index in [0.717, 1.165) is 30.4 Å². The van der Waals surface area contributed by atoms with Gasteiger partial charge in [0.2, 0.25) is 0 Å². The molecule has 3 rings (SSSR count). The van der Waals surface area contributed by atoms with Gasteiger partial charge in [0.25, 0.3) is 5.56 Å². The molecule has 1 fully saturated rings. The first-order valence-corrected chi connectivity index (χ1v) is 7.07. The quantitative estimate of drug-likeness (QED) is 0.886. The second-order valence-corrected chi connectivity index (χ2v) is 5.39. The summed E-state index contributed by atoms with van der Waals surface area (Å²) in [5.74, 6) is -0.799. The second kappa shape index (κ2) is 5.65. The third-order valence-electron chi connectivity index (χ3n) is 3.93. The lowest BCUT2D eigenvalue weighted by molar-refractivity contribution is -0.138. The Morgan fingerprint density at radius 3 is 3.05 bits per heavy atom. The molecule has 0 amide bonds. The maximum atomic E-state index is 12.1. The molecule has 6 nitrogen and oxygen atoms in total. The number of nitrogens with zero attached hydrogens (tertiary/aromatic N) is 2. The maximum Gasteiger partial charge on any atom is 0.304 e. The summed E-state index contributed by atoms with van der Waals surface area (Å²) < 4.78 is 0. The Hall–Kier alpha value is -2.21. The van der Waals surface area contributed by atoms with E-state index < -0.39 is 5.97 Å². The van der Waals surface area contributed by atoms with Crippen LogP contribution in [0.15, 0.2) is 29.1 Å². The van der Waals surface area contributed by atoms with E-state index in [0.29, 0.717) is 12.2 Å². The number of hydrogen-bond donors (Lipinski definition) is 2. The molecule has 110 valence electrons. The van der Waals surface area contributed by atoms with Crippen molar-refractivity contribution in [1.29, 1.82) is 0 Å². The number of carboxylic acids is 1. The Morgan fingerprint density at radius 1 is 1.43 bits per heavy atom. The van der Waals surface area contributed by atoms with Gasteiger partial charge >= 0.3 is 5.97 Å². The molecule has 6 heteroatoms. The number of aliphatic carboxylic acids is 1. The van der Waals surface area contributed by atoms with Gasteiger partial charge in [0.15, 0.2) is 0 Å². The summed E-state index contributed by atoms with van der Waals surface area (Å²) in [6.45, 7) is 1.21. The SMILES string of the molecule is O=C(O)CC1CCCN1Cc1nc2ccccc2[nH]c1=O. The van der Waals surface area contributed by atoms with Crippen molar-refractivity contribution < 1.29 is 9.90 Å². The fraction of sp³-hybridized carbons (Fsp3) is 0.400. The highest BCUT2D eigenvalue weighted by molar-refractivity contribution is 5.73. The molecule has 2 N–H and O–H groups in total. The number of benzene rings is 1. The van der Waals surface area contributed by atoms with Crippen LogP contribution in [0.1, 0.15) is 25.0 Å². The number of hydrogen-bond acceptors (Lipinski definition) is 4. The number of fused-ring (bicyclic) bond motifs is 1. The highest BCUT2D eigenvalue weighted by Crippen LogP contribution is 2.21. The number of aromatic amines is 1. The summed E-state index contributed by atoms with van der Waals surface area (Å²) in [4.78, 5) is 32.3. The van der Waals surface area contributed by atoms with Gasteiger partial charge in [-0.15, -0.1) is 0 Å². The van der Waals surface area contributed by atoms with Gasteiger partial charge in [-0.2, -0.15) is 0 Å². The Bertz CT molecular complexity index is 725. The third kappa shape index (κ3) is 2.95. The largest absolute Gasteiger partial charge is 0.481 e. The average molecular weight is 287 g/mol. The van der Waals surface area contributed by atoms with Crippen LogP contribution in [0, 0.1) is 0 Å². The molecule has 21 heavy (non-hydrogen) atoms. The Balaban J connectivity index is 1.85. The second-order valence-electron chi connectivity index (χ2n) is 5.39. The fourth-order valence-corrected chi connectivity index (χ4v) is 2.90. The van der Waals surface area contributed by atoms with E-state index in [4.69, 9.17) is 5.11 Å². The predicted molar refractivity (Wildman–Crippen MR) is 78.0 cm³/mol. The molecule has 2 aromatic rings. The molecule has 1 aliphatic heterocycles. The van der Waals surface area contributed by atoms with E-state index in [-0.39, 0.29) is 18.0 Å². The van der Waals surface area contributed by atoms with Crippen LogP contribution in [-0.2, 0) is 11.3 Å². The standard InChI is InChI=1S/C15H17N3O3/c19-14(20)8-10-4-3-7-18(10)9-13-15(21)17-12-6-2-1-5-11(12)16-13/h1-2,5-6,10H,3-4,7-9H2,(H,17,21)(H,19,20). The molecular weight excluding hydrogens is 270 g/mol. The number of H-pyrrole nitrogens is 1. The minimum absolute atomic E-state index is 0.00447. The summed E-state index contributed by atoms with van der Waals surface area (Å²) >= 11 is 0. The van der Waals surface area contributed by atoms with E-state index in [2.05, 4.69) is 9.97 Å². The third-order valence-corrected chi connectivity index (χ3v) is 3.93. The molecule has 0 radical (unpaired) electrons. The molecule has 1 unspecified atom stereocenters. The zero-order chi connectivity index (χ0) is 14.8. The number of nitrogens with one attached hydrogen (secondary N) is 1. The first-order valence-electron chi connectivity index (χ1n) is 7.07. The molecular formula is C15H17N3O3. The lowest BCUT2D eigenvalue weighted by atomic mass is 10.1. The molecule has 0 bridgehead atoms. The van der Waals surface area contributed by atoms with Gasteiger partial charge in [0.1, 0.15) is 5.69 Å². The van der Waals surface area contributed by atoms with Gasteiger partial charge in [0, 0.05) is 12.6 Å². The summed E-state index contributed by atoms with van der Waals surface area (Å²) in [5, 5.41) is 8.94. The zero-order valence-electron chi connectivity index (χ0n) is 11.6. The van der Waals surface area contributed by atoms with Crippen LogP contribution < -0.4 is 5.56 Å². The lowest BCUT2D eigenvalue weighted by Crippen LogP contribution is -2.33. The number of rotatable bonds is 4. The van der Waals surface area contributed by atoms with Crippen molar-refractivity contribution in [3.63, 3.8) is 0 Å². The van der Waals surface area contributed by atoms with Gasteiger partial charge < -0.3 is 10.1 Å². The van der Waals surface area contributed by atoms with Gasteiger partial charge in [-0.3, -0.25) is 14.5 Å². The summed E-state index contributed by atoms with van der Waals surface area (Å²) in [5.41, 5.74) is 1.72. The van der Waals surface area contributed by atoms with Crippen molar-refractivity contribution >= 4 is 17.0 Å². The molecule has 0 aliphatic carbocycles. The molecule has 0 spiro atoms. The van der Waals surface area contributed by atoms with Gasteiger partial charge in [-0.25, -0.2) is 4.98 Å². The van der Waals surface area contributed by atoms with Crippen LogP contribution in [0.3, 0.4) is 0 Å². The highest BCUT2D eigenvalue weighted by Gasteiger charge is 2.27. The van der Waals surface area contributed by atoms with Crippen molar-refractivity contribution in [2.75, 3.05) is 6.54 Å². The summed E-state index contributed by atoms with van der Waals surface area (Å²) in [6.07, 6.45) is 1.94. The summed E-state index contributed by atoms with van der Waals surface area (Å²) in [7, 11) is 0. The Kier molecular flexibility index (Phi) is 3.70. The highest BCUT2D eigenvalue weighted by atomic mass is 16.4. The number of carbonyl (C=O) groups is 1. The van der Waals surface area contributed by atoms with Crippen molar-refractivity contribution in [2.45, 2.75) is 31.8 Å². The molecule has 1 aromatic carbocycles. The number of likely N-dealkylation sites (tertiary alicyclic amines) is 1. The van der Waals surface area contributed by atoms with E-state index in [1.54, 1.807) is 0 Å². The van der Waals surface area contributed by atoms with Crippen molar-refractivity contribution in [3.8, 4) is 0 Å². The Morgan fingerprint density at radius 2 is 2.24 bits per heavy atom. The van der Waals surface area contributed by atoms with Crippen LogP contribution in [0.2, 0.25) is 0 Å². The van der Waals surface area contributed by atoms with Crippen LogP contribution >= 0.6 is 0 Å². The minimum atomic E-state index is -0.799. The van der Waals surface area contributed by atoms with Crippen LogP contribution in [0.5, 0.6) is 0 Å². The smallest absolute Gasteiger partial charge is 0.304 e. The molecule has 1 saturated heterocycles. The average Bonchev–Trinajstić information content (AvgIpc) is 2.86. The topological polar surface area (TPSA) is 86.3 Å². The van der Waals surface area contributed by atoms with Crippen molar-refractivity contribution in [2.24, 2.45) is 0 Å². The summed E-state index contributed by atoms with van der Waals surface area (Å²) in [6, 6.07) is 7.39. The Labute approximate surface area is 121 Å². The first-order chi connectivity index (χ1) is 10.1. The normalized spacial score (nSPS) is 19.1. The molecule has 2 heterocycles. The van der Waals surface area contributed by atoms with Gasteiger partial charge in [-0.1, -0.05) is 12.1 Å². The first kappa shape index (κ1) is 13.8. The predicted octanol–water partition coefficient (Wildman–Crippen LogP) is 1.36. The van der Waals surface area contributed by atoms with Crippen LogP contribution in [0.4, 0.5) is 0 Å². The molecule has 0 saturated carbocycles. The maximum absolute atomic E-state index is 12.1. The van der Waals surface area contributed by atoms with E-state index in [9.17, 15) is 9.59 Å². The molecule has 1 aromatic heterocycles.